The first kappa shape index (κ1) is 16.2. The Balaban J connectivity index is 1.75. The monoisotopic (exact) mass is 297 g/mol. The second kappa shape index (κ2) is 8.34. The van der Waals surface area contributed by atoms with Crippen molar-refractivity contribution in [3.05, 3.63) is 0 Å². The molecule has 6 nitrogen and oxygen atoms in total. The van der Waals surface area contributed by atoms with Gasteiger partial charge in [-0.3, -0.25) is 14.5 Å². The lowest BCUT2D eigenvalue weighted by molar-refractivity contribution is -0.129. The van der Waals surface area contributed by atoms with Crippen LogP contribution in [0, 0.1) is 5.92 Å². The van der Waals surface area contributed by atoms with Crippen LogP contribution in [0.5, 0.6) is 0 Å². The summed E-state index contributed by atoms with van der Waals surface area (Å²) in [5.41, 5.74) is 0. The number of rotatable bonds is 6. The fraction of sp³-hybridized carbons (Fsp3) is 0.867. The van der Waals surface area contributed by atoms with Crippen LogP contribution in [0.25, 0.3) is 0 Å². The molecule has 1 unspecified atom stereocenters. The first-order valence-electron chi connectivity index (χ1n) is 8.02. The van der Waals surface area contributed by atoms with Gasteiger partial charge in [-0.15, -0.1) is 0 Å². The number of morpholine rings is 1. The Morgan fingerprint density at radius 1 is 1.24 bits per heavy atom. The highest BCUT2D eigenvalue weighted by Gasteiger charge is 2.31. The van der Waals surface area contributed by atoms with Crippen molar-refractivity contribution in [2.24, 2.45) is 5.92 Å². The summed E-state index contributed by atoms with van der Waals surface area (Å²) >= 11 is 0. The fourth-order valence-corrected chi connectivity index (χ4v) is 3.18. The average molecular weight is 297 g/mol. The van der Waals surface area contributed by atoms with Crippen molar-refractivity contribution in [2.45, 2.75) is 38.6 Å². The number of carbonyl (C=O) groups excluding carboxylic acids is 2. The molecule has 1 atom stereocenters. The molecule has 2 fully saturated rings. The summed E-state index contributed by atoms with van der Waals surface area (Å²) in [6.45, 7) is 6.33. The topological polar surface area (TPSA) is 70.7 Å². The van der Waals surface area contributed by atoms with Crippen molar-refractivity contribution < 1.29 is 14.3 Å². The van der Waals surface area contributed by atoms with Gasteiger partial charge in [0.05, 0.1) is 13.2 Å². The molecular formula is C15H27N3O3. The van der Waals surface area contributed by atoms with Crippen LogP contribution in [0.15, 0.2) is 0 Å². The van der Waals surface area contributed by atoms with Gasteiger partial charge in [-0.25, -0.2) is 0 Å². The number of hydrogen-bond acceptors (Lipinski definition) is 4. The first-order valence-corrected chi connectivity index (χ1v) is 8.02. The number of carbonyl (C=O) groups is 2. The van der Waals surface area contributed by atoms with Crippen molar-refractivity contribution >= 4 is 11.8 Å². The van der Waals surface area contributed by atoms with Crippen molar-refractivity contribution in [3.63, 3.8) is 0 Å². The first-order chi connectivity index (χ1) is 10.2. The second-order valence-corrected chi connectivity index (χ2v) is 5.97. The molecule has 2 aliphatic rings. The Morgan fingerprint density at radius 3 is 2.52 bits per heavy atom. The maximum Gasteiger partial charge on any atom is 0.242 e. The number of hydrogen-bond donors (Lipinski definition) is 2. The van der Waals surface area contributed by atoms with E-state index in [0.717, 1.165) is 58.5 Å². The van der Waals surface area contributed by atoms with Gasteiger partial charge >= 0.3 is 0 Å². The molecule has 0 radical (unpaired) electrons. The molecule has 2 N–H and O–H groups in total. The van der Waals surface area contributed by atoms with Crippen LogP contribution >= 0.6 is 0 Å². The summed E-state index contributed by atoms with van der Waals surface area (Å²) < 4.78 is 5.30. The Bertz CT molecular complexity index is 350. The molecule has 2 rings (SSSR count). The smallest absolute Gasteiger partial charge is 0.242 e. The van der Waals surface area contributed by atoms with E-state index in [1.807, 2.05) is 0 Å². The van der Waals surface area contributed by atoms with Gasteiger partial charge in [-0.2, -0.15) is 0 Å². The van der Waals surface area contributed by atoms with E-state index in [2.05, 4.69) is 15.5 Å². The largest absolute Gasteiger partial charge is 0.379 e. The van der Waals surface area contributed by atoms with Gasteiger partial charge in [0.25, 0.3) is 0 Å². The molecule has 1 saturated carbocycles. The van der Waals surface area contributed by atoms with Crippen molar-refractivity contribution in [3.8, 4) is 0 Å². The maximum absolute atomic E-state index is 12.3. The van der Waals surface area contributed by atoms with Crippen LogP contribution in [0.4, 0.5) is 0 Å². The van der Waals surface area contributed by atoms with E-state index in [0.29, 0.717) is 6.54 Å². The van der Waals surface area contributed by atoms with Crippen LogP contribution in [-0.4, -0.2) is 62.1 Å². The van der Waals surface area contributed by atoms with Crippen LogP contribution in [-0.2, 0) is 14.3 Å². The van der Waals surface area contributed by atoms with Crippen LogP contribution in [0.1, 0.15) is 32.6 Å². The standard InChI is InChI=1S/C15H27N3O3/c1-12(19)17-14(13-4-2-3-5-13)15(20)16-6-7-18-8-10-21-11-9-18/h13-14H,2-11H2,1H3,(H,16,20)(H,17,19). The molecule has 1 aliphatic carbocycles. The van der Waals surface area contributed by atoms with E-state index < -0.39 is 0 Å². The number of nitrogens with zero attached hydrogens (tertiary/aromatic N) is 1. The van der Waals surface area contributed by atoms with Gasteiger partial charge in [-0.1, -0.05) is 12.8 Å². The van der Waals surface area contributed by atoms with E-state index in [1.165, 1.54) is 6.92 Å². The van der Waals surface area contributed by atoms with Gasteiger partial charge < -0.3 is 15.4 Å². The summed E-state index contributed by atoms with van der Waals surface area (Å²) in [7, 11) is 0. The lowest BCUT2D eigenvalue weighted by Crippen LogP contribution is -2.51. The van der Waals surface area contributed by atoms with Crippen molar-refractivity contribution in [1.29, 1.82) is 0 Å². The van der Waals surface area contributed by atoms with Crippen LogP contribution < -0.4 is 10.6 Å². The Morgan fingerprint density at radius 2 is 1.90 bits per heavy atom. The predicted octanol–water partition coefficient (Wildman–Crippen LogP) is 0.130. The number of ether oxygens (including phenoxy) is 1. The molecule has 0 aromatic carbocycles. The quantitative estimate of drug-likeness (QED) is 0.731. The molecule has 21 heavy (non-hydrogen) atoms. The Kier molecular flexibility index (Phi) is 6.45. The SMILES string of the molecule is CC(=O)NC(C(=O)NCCN1CCOCC1)C1CCCC1. The molecule has 1 aliphatic heterocycles. The minimum Gasteiger partial charge on any atom is -0.379 e. The van der Waals surface area contributed by atoms with E-state index in [4.69, 9.17) is 4.74 Å². The molecule has 6 heteroatoms. The van der Waals surface area contributed by atoms with Crippen LogP contribution in [0.2, 0.25) is 0 Å². The highest BCUT2D eigenvalue weighted by Crippen LogP contribution is 2.27. The van der Waals surface area contributed by atoms with Gasteiger partial charge in [0.15, 0.2) is 0 Å². The zero-order valence-electron chi connectivity index (χ0n) is 12.9. The van der Waals surface area contributed by atoms with Gasteiger partial charge in [0.2, 0.25) is 11.8 Å². The van der Waals surface area contributed by atoms with Gasteiger partial charge in [0.1, 0.15) is 6.04 Å². The molecule has 0 aromatic rings. The normalized spacial score (nSPS) is 22.0. The average Bonchev–Trinajstić information content (AvgIpc) is 2.99. The molecule has 1 heterocycles. The van der Waals surface area contributed by atoms with E-state index in [9.17, 15) is 9.59 Å². The summed E-state index contributed by atoms with van der Waals surface area (Å²) in [5, 5.41) is 5.80. The Hall–Kier alpha value is -1.14. The Labute approximate surface area is 126 Å². The summed E-state index contributed by atoms with van der Waals surface area (Å²) in [6.07, 6.45) is 4.37. The molecular weight excluding hydrogens is 270 g/mol. The van der Waals surface area contributed by atoms with Crippen LogP contribution in [0.3, 0.4) is 0 Å². The summed E-state index contributed by atoms with van der Waals surface area (Å²) in [5.74, 6) is 0.123. The third-order valence-electron chi connectivity index (χ3n) is 4.34. The molecule has 1 saturated heterocycles. The van der Waals surface area contributed by atoms with E-state index >= 15 is 0 Å². The lowest BCUT2D eigenvalue weighted by atomic mass is 9.97. The summed E-state index contributed by atoms with van der Waals surface area (Å²) in [4.78, 5) is 25.9. The molecule has 120 valence electrons. The van der Waals surface area contributed by atoms with Crippen molar-refractivity contribution in [2.75, 3.05) is 39.4 Å². The summed E-state index contributed by atoms with van der Waals surface area (Å²) in [6, 6.07) is -0.366. The zero-order chi connectivity index (χ0) is 15.1. The second-order valence-electron chi connectivity index (χ2n) is 5.97. The number of amides is 2. The van der Waals surface area contributed by atoms with Gasteiger partial charge in [-0.05, 0) is 18.8 Å². The zero-order valence-corrected chi connectivity index (χ0v) is 12.9. The minimum absolute atomic E-state index is 0.0367. The molecule has 0 aromatic heterocycles. The van der Waals surface area contributed by atoms with E-state index in [-0.39, 0.29) is 23.8 Å². The molecule has 0 spiro atoms. The predicted molar refractivity (Wildman–Crippen MR) is 79.8 cm³/mol. The highest BCUT2D eigenvalue weighted by molar-refractivity contribution is 5.87. The maximum atomic E-state index is 12.3. The molecule has 0 bridgehead atoms. The van der Waals surface area contributed by atoms with Crippen molar-refractivity contribution in [1.82, 2.24) is 15.5 Å². The van der Waals surface area contributed by atoms with Gasteiger partial charge in [0, 0.05) is 33.1 Å². The third-order valence-corrected chi connectivity index (χ3v) is 4.34. The number of nitrogens with one attached hydrogen (secondary N) is 2. The fourth-order valence-electron chi connectivity index (χ4n) is 3.18. The minimum atomic E-state index is -0.366. The highest BCUT2D eigenvalue weighted by atomic mass is 16.5. The van der Waals surface area contributed by atoms with E-state index in [1.54, 1.807) is 0 Å². The lowest BCUT2D eigenvalue weighted by Gasteiger charge is -2.27. The molecule has 2 amide bonds. The third kappa shape index (κ3) is 5.28.